The molecule has 2 rings (SSSR count). The predicted molar refractivity (Wildman–Crippen MR) is 79.4 cm³/mol. The predicted octanol–water partition coefficient (Wildman–Crippen LogP) is 5.31. The van der Waals surface area contributed by atoms with Crippen molar-refractivity contribution in [3.63, 3.8) is 0 Å². The van der Waals surface area contributed by atoms with Gasteiger partial charge >= 0.3 is 6.18 Å². The molecule has 20 heavy (non-hydrogen) atoms. The summed E-state index contributed by atoms with van der Waals surface area (Å²) in [5, 5.41) is 0. The van der Waals surface area contributed by atoms with Crippen molar-refractivity contribution in [3.8, 4) is 0 Å². The average molecular weight is 371 g/mol. The fourth-order valence-corrected chi connectivity index (χ4v) is 3.55. The Labute approximate surface area is 130 Å². The smallest absolute Gasteiger partial charge is 0.370 e. The van der Waals surface area contributed by atoms with Gasteiger partial charge in [0.2, 0.25) is 0 Å². The maximum absolute atomic E-state index is 12.7. The van der Waals surface area contributed by atoms with Gasteiger partial charge in [-0.25, -0.2) is 0 Å². The van der Waals surface area contributed by atoms with Gasteiger partial charge in [0.1, 0.15) is 0 Å². The minimum Gasteiger partial charge on any atom is -0.370 e. The van der Waals surface area contributed by atoms with E-state index in [1.54, 1.807) is 6.07 Å². The molecule has 1 saturated heterocycles. The highest BCUT2D eigenvalue weighted by atomic mass is 79.9. The molecule has 1 atom stereocenters. The SMILES string of the molecule is FC(F)(F)c1ccc(N2CCCC(CCCl)C2)c(Br)c1. The summed E-state index contributed by atoms with van der Waals surface area (Å²) in [7, 11) is 0. The van der Waals surface area contributed by atoms with Crippen LogP contribution in [-0.4, -0.2) is 19.0 Å². The van der Waals surface area contributed by atoms with Gasteiger partial charge in [0, 0.05) is 23.4 Å². The fourth-order valence-electron chi connectivity index (χ4n) is 2.61. The van der Waals surface area contributed by atoms with E-state index in [-0.39, 0.29) is 0 Å². The van der Waals surface area contributed by atoms with Gasteiger partial charge in [-0.2, -0.15) is 13.2 Å². The zero-order valence-corrected chi connectivity index (χ0v) is 13.2. The van der Waals surface area contributed by atoms with Crippen molar-refractivity contribution < 1.29 is 13.2 Å². The van der Waals surface area contributed by atoms with Crippen LogP contribution in [0.4, 0.5) is 18.9 Å². The summed E-state index contributed by atoms with van der Waals surface area (Å²) in [5.74, 6) is 1.16. The maximum Gasteiger partial charge on any atom is 0.416 e. The minimum atomic E-state index is -4.30. The number of anilines is 1. The molecule has 0 radical (unpaired) electrons. The van der Waals surface area contributed by atoms with Gasteiger partial charge in [-0.05, 0) is 59.3 Å². The first kappa shape index (κ1) is 16.0. The van der Waals surface area contributed by atoms with Gasteiger partial charge in [-0.15, -0.1) is 11.6 Å². The number of piperidine rings is 1. The second-order valence-electron chi connectivity index (χ2n) is 5.10. The second-order valence-corrected chi connectivity index (χ2v) is 6.33. The lowest BCUT2D eigenvalue weighted by molar-refractivity contribution is -0.137. The third-order valence-electron chi connectivity index (χ3n) is 3.65. The Hall–Kier alpha value is -0.420. The van der Waals surface area contributed by atoms with Crippen LogP contribution >= 0.6 is 27.5 Å². The van der Waals surface area contributed by atoms with Crippen LogP contribution in [0.25, 0.3) is 0 Å². The Bertz CT molecular complexity index is 462. The molecular formula is C14H16BrClF3N. The summed E-state index contributed by atoms with van der Waals surface area (Å²) in [5.41, 5.74) is 0.208. The van der Waals surface area contributed by atoms with Crippen molar-refractivity contribution in [2.24, 2.45) is 5.92 Å². The average Bonchev–Trinajstić information content (AvgIpc) is 2.38. The minimum absolute atomic E-state index is 0.499. The molecule has 1 fully saturated rings. The Morgan fingerprint density at radius 3 is 2.70 bits per heavy atom. The first-order valence-electron chi connectivity index (χ1n) is 6.59. The number of benzene rings is 1. The molecule has 1 nitrogen and oxygen atoms in total. The highest BCUT2D eigenvalue weighted by molar-refractivity contribution is 9.10. The lowest BCUT2D eigenvalue weighted by Gasteiger charge is -2.35. The van der Waals surface area contributed by atoms with Gasteiger partial charge in [0.25, 0.3) is 0 Å². The number of alkyl halides is 4. The highest BCUT2D eigenvalue weighted by Crippen LogP contribution is 2.36. The summed E-state index contributed by atoms with van der Waals surface area (Å²) in [4.78, 5) is 2.14. The van der Waals surface area contributed by atoms with Crippen LogP contribution in [0, 0.1) is 5.92 Å². The quantitative estimate of drug-likeness (QED) is 0.651. The Morgan fingerprint density at radius 2 is 2.10 bits per heavy atom. The molecule has 0 bridgehead atoms. The largest absolute Gasteiger partial charge is 0.416 e. The van der Waals surface area contributed by atoms with Gasteiger partial charge < -0.3 is 4.90 Å². The van der Waals surface area contributed by atoms with Crippen LogP contribution in [0.3, 0.4) is 0 Å². The van der Waals surface area contributed by atoms with Gasteiger partial charge in [0.15, 0.2) is 0 Å². The van der Waals surface area contributed by atoms with Gasteiger partial charge in [-0.1, -0.05) is 0 Å². The third kappa shape index (κ3) is 3.82. The zero-order valence-electron chi connectivity index (χ0n) is 10.9. The van der Waals surface area contributed by atoms with Crippen LogP contribution in [0.2, 0.25) is 0 Å². The number of hydrogen-bond donors (Lipinski definition) is 0. The fraction of sp³-hybridized carbons (Fsp3) is 0.571. The Kier molecular flexibility index (Phi) is 5.24. The molecule has 1 aromatic carbocycles. The summed E-state index contributed by atoms with van der Waals surface area (Å²) >= 11 is 9.04. The lowest BCUT2D eigenvalue weighted by atomic mass is 9.95. The van der Waals surface area contributed by atoms with Crippen molar-refractivity contribution in [2.75, 3.05) is 23.9 Å². The molecule has 1 aliphatic heterocycles. The molecule has 0 N–H and O–H groups in total. The van der Waals surface area contributed by atoms with Crippen molar-refractivity contribution in [2.45, 2.75) is 25.4 Å². The number of nitrogens with zero attached hydrogens (tertiary/aromatic N) is 1. The van der Waals surface area contributed by atoms with E-state index >= 15 is 0 Å². The van der Waals surface area contributed by atoms with E-state index in [0.717, 1.165) is 50.2 Å². The summed E-state index contributed by atoms with van der Waals surface area (Å²) in [6.45, 7) is 1.74. The van der Waals surface area contributed by atoms with Crippen LogP contribution in [0.15, 0.2) is 22.7 Å². The monoisotopic (exact) mass is 369 g/mol. The van der Waals surface area contributed by atoms with E-state index in [4.69, 9.17) is 11.6 Å². The van der Waals surface area contributed by atoms with Crippen molar-refractivity contribution in [1.29, 1.82) is 0 Å². The Balaban J connectivity index is 2.16. The number of rotatable bonds is 3. The van der Waals surface area contributed by atoms with E-state index in [1.165, 1.54) is 0 Å². The molecule has 0 aromatic heterocycles. The third-order valence-corrected chi connectivity index (χ3v) is 4.51. The van der Waals surface area contributed by atoms with E-state index < -0.39 is 11.7 Å². The van der Waals surface area contributed by atoms with Crippen LogP contribution in [0.5, 0.6) is 0 Å². The summed E-state index contributed by atoms with van der Waals surface area (Å²) in [6, 6.07) is 3.85. The molecular weight excluding hydrogens is 355 g/mol. The van der Waals surface area contributed by atoms with E-state index in [0.29, 0.717) is 16.3 Å². The lowest BCUT2D eigenvalue weighted by Crippen LogP contribution is -2.35. The number of halogens is 5. The molecule has 0 spiro atoms. The van der Waals surface area contributed by atoms with Crippen LogP contribution < -0.4 is 4.90 Å². The van der Waals surface area contributed by atoms with Crippen molar-refractivity contribution in [3.05, 3.63) is 28.2 Å². The topological polar surface area (TPSA) is 3.24 Å². The molecule has 112 valence electrons. The molecule has 6 heteroatoms. The summed E-state index contributed by atoms with van der Waals surface area (Å²) < 4.78 is 38.5. The van der Waals surface area contributed by atoms with Gasteiger partial charge in [0.05, 0.1) is 11.3 Å². The molecule has 0 amide bonds. The Morgan fingerprint density at radius 1 is 1.35 bits per heavy atom. The standard InChI is InChI=1S/C14H16BrClF3N/c15-12-8-11(14(17,18)19)3-4-13(12)20-7-1-2-10(9-20)5-6-16/h3-4,8,10H,1-2,5-7,9H2. The van der Waals surface area contributed by atoms with Crippen molar-refractivity contribution in [1.82, 2.24) is 0 Å². The van der Waals surface area contributed by atoms with E-state index in [9.17, 15) is 13.2 Å². The van der Waals surface area contributed by atoms with E-state index in [2.05, 4.69) is 20.8 Å². The first-order chi connectivity index (χ1) is 9.41. The first-order valence-corrected chi connectivity index (χ1v) is 7.92. The molecule has 1 heterocycles. The molecule has 0 aliphatic carbocycles. The number of hydrogen-bond acceptors (Lipinski definition) is 1. The molecule has 1 aliphatic rings. The van der Waals surface area contributed by atoms with Crippen LogP contribution in [0.1, 0.15) is 24.8 Å². The maximum atomic E-state index is 12.7. The molecule has 0 saturated carbocycles. The van der Waals surface area contributed by atoms with Gasteiger partial charge in [-0.3, -0.25) is 0 Å². The molecule has 1 unspecified atom stereocenters. The molecule has 1 aromatic rings. The van der Waals surface area contributed by atoms with Crippen molar-refractivity contribution >= 4 is 33.2 Å². The second kappa shape index (κ2) is 6.56. The van der Waals surface area contributed by atoms with Crippen LogP contribution in [-0.2, 0) is 6.18 Å². The highest BCUT2D eigenvalue weighted by Gasteiger charge is 2.31. The summed E-state index contributed by atoms with van der Waals surface area (Å²) in [6.07, 6.45) is -1.16. The zero-order chi connectivity index (χ0) is 14.8. The normalized spacial score (nSPS) is 20.2. The van der Waals surface area contributed by atoms with E-state index in [1.807, 2.05) is 0 Å².